The molecule has 0 aliphatic carbocycles. The lowest BCUT2D eigenvalue weighted by atomic mass is 10.0. The number of para-hydroxylation sites is 1. The van der Waals surface area contributed by atoms with Gasteiger partial charge >= 0.3 is 0 Å². The van der Waals surface area contributed by atoms with Crippen molar-refractivity contribution in [1.29, 1.82) is 0 Å². The SMILES string of the molecule is COCCCN1C(=O)C(=Cc2cn(-c3ccccc3)nc2-c2ccc(OCC(C)C)cc2C)SC1=S. The van der Waals surface area contributed by atoms with Crippen LogP contribution < -0.4 is 4.74 Å². The van der Waals surface area contributed by atoms with Gasteiger partial charge in [-0.15, -0.1) is 0 Å². The molecule has 2 heterocycles. The molecule has 0 atom stereocenters. The molecule has 0 radical (unpaired) electrons. The summed E-state index contributed by atoms with van der Waals surface area (Å²) in [6.07, 6.45) is 4.60. The van der Waals surface area contributed by atoms with Crippen LogP contribution in [0.5, 0.6) is 5.75 Å². The molecule has 1 saturated heterocycles. The van der Waals surface area contributed by atoms with E-state index in [0.717, 1.165) is 40.2 Å². The van der Waals surface area contributed by atoms with Crippen LogP contribution in [0.1, 0.15) is 31.4 Å². The van der Waals surface area contributed by atoms with E-state index in [2.05, 4.69) is 20.8 Å². The van der Waals surface area contributed by atoms with Crippen molar-refractivity contribution in [2.24, 2.45) is 5.92 Å². The Balaban J connectivity index is 1.71. The number of carbonyl (C=O) groups excluding carboxylic acids is 1. The molecule has 36 heavy (non-hydrogen) atoms. The number of aryl methyl sites for hydroxylation is 1. The second kappa shape index (κ2) is 11.9. The van der Waals surface area contributed by atoms with Crippen molar-refractivity contribution in [3.63, 3.8) is 0 Å². The molecule has 1 aliphatic heterocycles. The van der Waals surface area contributed by atoms with Gasteiger partial charge in [-0.05, 0) is 61.2 Å². The van der Waals surface area contributed by atoms with Gasteiger partial charge in [-0.1, -0.05) is 56.0 Å². The summed E-state index contributed by atoms with van der Waals surface area (Å²) in [6, 6.07) is 16.0. The number of ether oxygens (including phenoxy) is 2. The summed E-state index contributed by atoms with van der Waals surface area (Å²) in [4.78, 5) is 15.4. The minimum atomic E-state index is -0.0753. The third kappa shape index (κ3) is 6.06. The van der Waals surface area contributed by atoms with Crippen molar-refractivity contribution in [2.45, 2.75) is 27.2 Å². The fraction of sp³-hybridized carbons (Fsp3) is 0.321. The van der Waals surface area contributed by atoms with Gasteiger partial charge in [-0.2, -0.15) is 5.10 Å². The Hall–Kier alpha value is -2.94. The third-order valence-corrected chi connectivity index (χ3v) is 7.07. The second-order valence-corrected chi connectivity index (χ2v) is 10.8. The molecule has 1 aromatic heterocycles. The number of benzene rings is 2. The van der Waals surface area contributed by atoms with E-state index in [-0.39, 0.29) is 5.91 Å². The molecular formula is C28H31N3O3S2. The molecule has 3 aromatic rings. The number of thioether (sulfide) groups is 1. The lowest BCUT2D eigenvalue weighted by Gasteiger charge is -2.13. The molecule has 1 fully saturated rings. The Morgan fingerprint density at radius 1 is 1.17 bits per heavy atom. The quantitative estimate of drug-likeness (QED) is 0.182. The molecule has 2 aromatic carbocycles. The fourth-order valence-corrected chi connectivity index (χ4v) is 5.17. The predicted octanol–water partition coefficient (Wildman–Crippen LogP) is 6.12. The lowest BCUT2D eigenvalue weighted by Crippen LogP contribution is -2.29. The molecule has 0 N–H and O–H groups in total. The van der Waals surface area contributed by atoms with Crippen LogP contribution in [0.15, 0.2) is 59.6 Å². The monoisotopic (exact) mass is 521 g/mol. The number of hydrogen-bond acceptors (Lipinski definition) is 6. The molecule has 0 unspecified atom stereocenters. The van der Waals surface area contributed by atoms with E-state index in [0.29, 0.717) is 34.9 Å². The maximum absolute atomic E-state index is 13.1. The average molecular weight is 522 g/mol. The number of rotatable bonds is 10. The van der Waals surface area contributed by atoms with E-state index in [9.17, 15) is 4.79 Å². The lowest BCUT2D eigenvalue weighted by molar-refractivity contribution is -0.122. The van der Waals surface area contributed by atoms with Crippen LogP contribution in [0.2, 0.25) is 0 Å². The van der Waals surface area contributed by atoms with E-state index >= 15 is 0 Å². The van der Waals surface area contributed by atoms with Gasteiger partial charge in [0, 0.05) is 37.6 Å². The highest BCUT2D eigenvalue weighted by atomic mass is 32.2. The summed E-state index contributed by atoms with van der Waals surface area (Å²) < 4.78 is 13.5. The smallest absolute Gasteiger partial charge is 0.266 e. The van der Waals surface area contributed by atoms with E-state index < -0.39 is 0 Å². The summed E-state index contributed by atoms with van der Waals surface area (Å²) in [7, 11) is 1.65. The van der Waals surface area contributed by atoms with Crippen molar-refractivity contribution in [3.05, 3.63) is 70.8 Å². The zero-order chi connectivity index (χ0) is 25.7. The van der Waals surface area contributed by atoms with Crippen molar-refractivity contribution in [1.82, 2.24) is 14.7 Å². The van der Waals surface area contributed by atoms with E-state index in [1.165, 1.54) is 11.8 Å². The minimum Gasteiger partial charge on any atom is -0.493 e. The maximum Gasteiger partial charge on any atom is 0.266 e. The van der Waals surface area contributed by atoms with Gasteiger partial charge in [-0.3, -0.25) is 9.69 Å². The first kappa shape index (κ1) is 26.1. The van der Waals surface area contributed by atoms with Crippen molar-refractivity contribution < 1.29 is 14.3 Å². The fourth-order valence-electron chi connectivity index (χ4n) is 3.87. The third-order valence-electron chi connectivity index (χ3n) is 5.69. The van der Waals surface area contributed by atoms with Gasteiger partial charge in [0.2, 0.25) is 0 Å². The van der Waals surface area contributed by atoms with Gasteiger partial charge in [0.1, 0.15) is 15.8 Å². The van der Waals surface area contributed by atoms with Crippen LogP contribution >= 0.6 is 24.0 Å². The van der Waals surface area contributed by atoms with E-state index in [1.54, 1.807) is 12.0 Å². The molecule has 1 amide bonds. The Labute approximate surface area is 222 Å². The van der Waals surface area contributed by atoms with Crippen molar-refractivity contribution in [3.8, 4) is 22.7 Å². The van der Waals surface area contributed by atoms with Gasteiger partial charge in [0.15, 0.2) is 0 Å². The molecule has 0 spiro atoms. The van der Waals surface area contributed by atoms with Gasteiger partial charge < -0.3 is 9.47 Å². The van der Waals surface area contributed by atoms with Crippen LogP contribution in [0, 0.1) is 12.8 Å². The molecule has 6 nitrogen and oxygen atoms in total. The Morgan fingerprint density at radius 2 is 1.94 bits per heavy atom. The predicted molar refractivity (Wildman–Crippen MR) is 150 cm³/mol. The summed E-state index contributed by atoms with van der Waals surface area (Å²) in [6.45, 7) is 8.11. The summed E-state index contributed by atoms with van der Waals surface area (Å²) in [5.74, 6) is 1.21. The first-order valence-electron chi connectivity index (χ1n) is 12.0. The van der Waals surface area contributed by atoms with Crippen LogP contribution in [0.3, 0.4) is 0 Å². The van der Waals surface area contributed by atoms with Crippen molar-refractivity contribution in [2.75, 3.05) is 26.9 Å². The topological polar surface area (TPSA) is 56.6 Å². The standard InChI is InChI=1S/C28H31N3O3S2/c1-19(2)18-34-23-11-12-24(20(3)15-23)26-21(17-31(29-26)22-9-6-5-7-10-22)16-25-27(32)30(28(35)36-25)13-8-14-33-4/h5-7,9-12,15-17,19H,8,13-14,18H2,1-4H3. The zero-order valence-corrected chi connectivity index (χ0v) is 22.7. The first-order chi connectivity index (χ1) is 17.4. The summed E-state index contributed by atoms with van der Waals surface area (Å²) >= 11 is 6.83. The minimum absolute atomic E-state index is 0.0753. The average Bonchev–Trinajstić information content (AvgIpc) is 3.39. The summed E-state index contributed by atoms with van der Waals surface area (Å²) in [5.41, 5.74) is 4.64. The number of nitrogens with zero attached hydrogens (tertiary/aromatic N) is 3. The Kier molecular flexibility index (Phi) is 8.61. The normalized spacial score (nSPS) is 14.9. The number of aromatic nitrogens is 2. The van der Waals surface area contributed by atoms with Crippen LogP contribution in [0.4, 0.5) is 0 Å². The zero-order valence-electron chi connectivity index (χ0n) is 21.1. The molecule has 4 rings (SSSR count). The van der Waals surface area contributed by atoms with E-state index in [4.69, 9.17) is 26.8 Å². The molecule has 1 aliphatic rings. The molecular weight excluding hydrogens is 490 g/mol. The number of carbonyl (C=O) groups is 1. The van der Waals surface area contributed by atoms with Gasteiger partial charge in [-0.25, -0.2) is 4.68 Å². The van der Waals surface area contributed by atoms with Crippen LogP contribution in [-0.2, 0) is 9.53 Å². The van der Waals surface area contributed by atoms with Crippen LogP contribution in [-0.4, -0.2) is 51.8 Å². The first-order valence-corrected chi connectivity index (χ1v) is 13.2. The van der Waals surface area contributed by atoms with E-state index in [1.807, 2.05) is 65.5 Å². The number of thiocarbonyl (C=S) groups is 1. The van der Waals surface area contributed by atoms with Gasteiger partial charge in [0.25, 0.3) is 5.91 Å². The molecule has 188 valence electrons. The van der Waals surface area contributed by atoms with Crippen molar-refractivity contribution >= 4 is 40.3 Å². The number of hydrogen-bond donors (Lipinski definition) is 0. The second-order valence-electron chi connectivity index (χ2n) is 9.07. The molecule has 0 saturated carbocycles. The maximum atomic E-state index is 13.1. The highest BCUT2D eigenvalue weighted by Crippen LogP contribution is 2.36. The number of amides is 1. The van der Waals surface area contributed by atoms with Crippen LogP contribution in [0.25, 0.3) is 23.0 Å². The van der Waals surface area contributed by atoms with Gasteiger partial charge in [0.05, 0.1) is 17.2 Å². The largest absolute Gasteiger partial charge is 0.493 e. The highest BCUT2D eigenvalue weighted by Gasteiger charge is 2.32. The molecule has 8 heteroatoms. The highest BCUT2D eigenvalue weighted by molar-refractivity contribution is 8.26. The Bertz CT molecular complexity index is 1270. The number of methoxy groups -OCH3 is 1. The molecule has 0 bridgehead atoms. The summed E-state index contributed by atoms with van der Waals surface area (Å²) in [5, 5.41) is 4.93. The Morgan fingerprint density at radius 3 is 2.64 bits per heavy atom.